The van der Waals surface area contributed by atoms with E-state index in [1.165, 1.54) is 35.4 Å². The van der Waals surface area contributed by atoms with Gasteiger partial charge in [0.2, 0.25) is 0 Å². The summed E-state index contributed by atoms with van der Waals surface area (Å²) in [5.41, 5.74) is 2.36. The third-order valence-electron chi connectivity index (χ3n) is 8.18. The fraction of sp³-hybridized carbons (Fsp3) is 0.286. The summed E-state index contributed by atoms with van der Waals surface area (Å²) < 4.78 is 10.9. The lowest BCUT2D eigenvalue weighted by Crippen LogP contribution is -2.52. The second-order valence-corrected chi connectivity index (χ2v) is 11.6. The Bertz CT molecular complexity index is 1830. The Balaban J connectivity index is 0.978. The Morgan fingerprint density at radius 1 is 0.725 bits per heavy atom. The SMILES string of the molecule is O=C(NCCOCCOCCNC(=O)c1ccc(B(O)O)cc1)Nc1cccc2c(C(=O)C(=O)N3CCN(C(=O)c4ccccc4)CC3)c[nH]c12. The van der Waals surface area contributed by atoms with Gasteiger partial charge in [-0.25, -0.2) is 4.79 Å². The highest BCUT2D eigenvalue weighted by molar-refractivity contribution is 6.58. The van der Waals surface area contributed by atoms with Gasteiger partial charge in [0.05, 0.1) is 43.2 Å². The molecule has 1 aliphatic heterocycles. The van der Waals surface area contributed by atoms with Gasteiger partial charge < -0.3 is 50.3 Å². The molecule has 0 spiro atoms. The molecule has 0 atom stereocenters. The number of hydrogen-bond donors (Lipinski definition) is 6. The lowest BCUT2D eigenvalue weighted by atomic mass is 9.80. The molecular weight excluding hydrogens is 659 g/mol. The highest BCUT2D eigenvalue weighted by atomic mass is 16.5. The minimum Gasteiger partial charge on any atom is -0.423 e. The average molecular weight is 699 g/mol. The Labute approximate surface area is 294 Å². The van der Waals surface area contributed by atoms with Crippen molar-refractivity contribution in [2.45, 2.75) is 0 Å². The molecule has 51 heavy (non-hydrogen) atoms. The van der Waals surface area contributed by atoms with Crippen LogP contribution in [0.25, 0.3) is 10.9 Å². The summed E-state index contributed by atoms with van der Waals surface area (Å²) in [7, 11) is -1.59. The molecule has 0 saturated carbocycles. The van der Waals surface area contributed by atoms with Crippen molar-refractivity contribution < 1.29 is 43.5 Å². The Kier molecular flexibility index (Phi) is 12.9. The van der Waals surface area contributed by atoms with Gasteiger partial charge in [-0.15, -0.1) is 0 Å². The van der Waals surface area contributed by atoms with E-state index in [-0.39, 0.29) is 70.0 Å². The molecule has 0 bridgehead atoms. The summed E-state index contributed by atoms with van der Waals surface area (Å²) in [6.07, 6.45) is 1.46. The molecule has 5 amide bonds. The summed E-state index contributed by atoms with van der Waals surface area (Å²) in [6.45, 7) is 2.69. The number of aromatic amines is 1. The third-order valence-corrected chi connectivity index (χ3v) is 8.18. The lowest BCUT2D eigenvalue weighted by Gasteiger charge is -2.34. The number of Topliss-reactive ketones (excluding diaryl/α,β-unsaturated/α-hetero) is 1. The van der Waals surface area contributed by atoms with E-state index >= 15 is 0 Å². The highest BCUT2D eigenvalue weighted by Gasteiger charge is 2.30. The number of anilines is 1. The van der Waals surface area contributed by atoms with Crippen LogP contribution >= 0.6 is 0 Å². The Morgan fingerprint density at radius 2 is 1.37 bits per heavy atom. The van der Waals surface area contributed by atoms with Gasteiger partial charge in [0, 0.05) is 62.0 Å². The number of amides is 5. The maximum absolute atomic E-state index is 13.3. The lowest BCUT2D eigenvalue weighted by molar-refractivity contribution is -0.127. The van der Waals surface area contributed by atoms with Crippen LogP contribution in [0.5, 0.6) is 0 Å². The zero-order chi connectivity index (χ0) is 36.2. The van der Waals surface area contributed by atoms with Crippen LogP contribution in [0.1, 0.15) is 31.1 Å². The summed E-state index contributed by atoms with van der Waals surface area (Å²) in [4.78, 5) is 70.0. The number of para-hydroxylation sites is 1. The van der Waals surface area contributed by atoms with E-state index in [9.17, 15) is 24.0 Å². The molecule has 1 saturated heterocycles. The molecule has 0 aliphatic carbocycles. The van der Waals surface area contributed by atoms with Crippen LogP contribution in [0, 0.1) is 0 Å². The topological polar surface area (TPSA) is 203 Å². The van der Waals surface area contributed by atoms with E-state index in [1.54, 1.807) is 47.4 Å². The van der Waals surface area contributed by atoms with E-state index in [0.29, 0.717) is 46.3 Å². The van der Waals surface area contributed by atoms with Crippen LogP contribution in [-0.4, -0.2) is 127 Å². The number of rotatable bonds is 15. The number of urea groups is 1. The van der Waals surface area contributed by atoms with Gasteiger partial charge >= 0.3 is 13.1 Å². The molecule has 15 nitrogen and oxygen atoms in total. The predicted octanol–water partition coefficient (Wildman–Crippen LogP) is 0.600. The van der Waals surface area contributed by atoms with Crippen molar-refractivity contribution in [3.05, 3.63) is 95.7 Å². The highest BCUT2D eigenvalue weighted by Crippen LogP contribution is 2.26. The molecule has 4 aromatic rings. The van der Waals surface area contributed by atoms with Crippen LogP contribution in [0.4, 0.5) is 10.5 Å². The summed E-state index contributed by atoms with van der Waals surface area (Å²) in [6, 6.07) is 19.4. The molecule has 16 heteroatoms. The molecule has 0 unspecified atom stereocenters. The molecule has 6 N–H and O–H groups in total. The van der Waals surface area contributed by atoms with E-state index in [4.69, 9.17) is 19.5 Å². The fourth-order valence-corrected chi connectivity index (χ4v) is 5.45. The maximum atomic E-state index is 13.3. The van der Waals surface area contributed by atoms with Gasteiger partial charge in [0.1, 0.15) is 0 Å². The van der Waals surface area contributed by atoms with Crippen molar-refractivity contribution in [3.8, 4) is 0 Å². The second-order valence-electron chi connectivity index (χ2n) is 11.6. The van der Waals surface area contributed by atoms with Crippen molar-refractivity contribution in [1.82, 2.24) is 25.4 Å². The average Bonchev–Trinajstić information content (AvgIpc) is 3.60. The molecular formula is C35H39BN6O9. The van der Waals surface area contributed by atoms with E-state index in [0.717, 1.165) is 0 Å². The Morgan fingerprint density at radius 3 is 2.04 bits per heavy atom. The number of nitrogens with zero attached hydrogens (tertiary/aromatic N) is 2. The first-order valence-electron chi connectivity index (χ1n) is 16.5. The van der Waals surface area contributed by atoms with Crippen LogP contribution in [0.2, 0.25) is 0 Å². The largest absolute Gasteiger partial charge is 0.488 e. The standard InChI is InChI=1S/C35H39BN6O9/c43-31(34(46)42-17-15-41(16-18-42)33(45)25-5-2-1-3-6-25)28-23-39-30-27(28)7-4-8-29(30)40-35(47)38-14-20-51-22-21-50-19-13-37-32(44)24-9-11-26(12-10-24)36(48)49/h1-12,23,39,48-49H,13-22H2,(H,37,44)(H2,38,40,47). The van der Waals surface area contributed by atoms with Crippen LogP contribution in [0.3, 0.4) is 0 Å². The molecule has 5 rings (SSSR count). The molecule has 1 aliphatic rings. The van der Waals surface area contributed by atoms with Gasteiger partial charge in [0.25, 0.3) is 23.5 Å². The van der Waals surface area contributed by atoms with Crippen LogP contribution < -0.4 is 21.4 Å². The van der Waals surface area contributed by atoms with Crippen molar-refractivity contribution in [1.29, 1.82) is 0 Å². The van der Waals surface area contributed by atoms with Gasteiger partial charge in [0.15, 0.2) is 0 Å². The fourth-order valence-electron chi connectivity index (χ4n) is 5.45. The first kappa shape index (κ1) is 36.7. The van der Waals surface area contributed by atoms with Crippen molar-refractivity contribution >= 4 is 58.7 Å². The number of fused-ring (bicyclic) bond motifs is 1. The van der Waals surface area contributed by atoms with Crippen molar-refractivity contribution in [2.75, 3.05) is 71.0 Å². The molecule has 1 fully saturated rings. The Hall–Kier alpha value is -5.55. The number of aromatic nitrogens is 1. The molecule has 266 valence electrons. The van der Waals surface area contributed by atoms with E-state index in [2.05, 4.69) is 20.9 Å². The molecule has 2 heterocycles. The number of ketones is 1. The number of benzene rings is 3. The normalized spacial score (nSPS) is 12.7. The number of hydrogen-bond acceptors (Lipinski definition) is 9. The minimum atomic E-state index is -1.59. The van der Waals surface area contributed by atoms with Crippen molar-refractivity contribution in [2.24, 2.45) is 0 Å². The summed E-state index contributed by atoms with van der Waals surface area (Å²) in [5.74, 6) is -1.75. The number of nitrogens with one attached hydrogen (secondary N) is 4. The van der Waals surface area contributed by atoms with Crippen LogP contribution in [-0.2, 0) is 14.3 Å². The predicted molar refractivity (Wildman–Crippen MR) is 189 cm³/mol. The van der Waals surface area contributed by atoms with E-state index in [1.807, 2.05) is 6.07 Å². The van der Waals surface area contributed by atoms with Gasteiger partial charge in [-0.2, -0.15) is 0 Å². The monoisotopic (exact) mass is 698 g/mol. The molecule has 0 radical (unpaired) electrons. The zero-order valence-corrected chi connectivity index (χ0v) is 27.8. The number of piperazine rings is 1. The molecule has 3 aromatic carbocycles. The number of H-pyrrole nitrogens is 1. The first-order chi connectivity index (χ1) is 24.7. The van der Waals surface area contributed by atoms with Crippen molar-refractivity contribution in [3.63, 3.8) is 0 Å². The smallest absolute Gasteiger partial charge is 0.423 e. The third kappa shape index (κ3) is 9.79. The van der Waals surface area contributed by atoms with E-state index < -0.39 is 24.8 Å². The number of ether oxygens (including phenoxy) is 2. The summed E-state index contributed by atoms with van der Waals surface area (Å²) >= 11 is 0. The second kappa shape index (κ2) is 17.9. The quantitative estimate of drug-likeness (QED) is 0.0445. The minimum absolute atomic E-state index is 0.114. The summed E-state index contributed by atoms with van der Waals surface area (Å²) in [5, 5.41) is 26.9. The van der Waals surface area contributed by atoms with Gasteiger partial charge in [-0.1, -0.05) is 42.5 Å². The molecule has 1 aromatic heterocycles. The van der Waals surface area contributed by atoms with Crippen LogP contribution in [0.15, 0.2) is 79.0 Å². The first-order valence-corrected chi connectivity index (χ1v) is 16.5. The zero-order valence-electron chi connectivity index (χ0n) is 27.8. The maximum Gasteiger partial charge on any atom is 0.488 e. The number of carbonyl (C=O) groups excluding carboxylic acids is 5. The number of carbonyl (C=O) groups is 5. The van der Waals surface area contributed by atoms with Gasteiger partial charge in [-0.05, 0) is 35.8 Å². The van der Waals surface area contributed by atoms with Gasteiger partial charge in [-0.3, -0.25) is 19.2 Å².